The van der Waals surface area contributed by atoms with Crippen LogP contribution in [0.3, 0.4) is 0 Å². The SMILES string of the molecule is CN(CC(=O)N1CCN(C(=O)c2ccco2)CC1)c1nnc(N2CCCC2=O)s1. The molecule has 0 saturated carbocycles. The van der Waals surface area contributed by atoms with Gasteiger partial charge in [0.05, 0.1) is 12.8 Å². The minimum absolute atomic E-state index is 0.0356. The van der Waals surface area contributed by atoms with E-state index >= 15 is 0 Å². The number of carbonyl (C=O) groups is 3. The van der Waals surface area contributed by atoms with E-state index in [1.54, 1.807) is 38.8 Å². The summed E-state index contributed by atoms with van der Waals surface area (Å²) in [6, 6.07) is 3.32. The van der Waals surface area contributed by atoms with Crippen LogP contribution in [0.2, 0.25) is 0 Å². The van der Waals surface area contributed by atoms with Gasteiger partial charge in [0.15, 0.2) is 5.76 Å². The lowest BCUT2D eigenvalue weighted by Gasteiger charge is -2.35. The molecule has 29 heavy (non-hydrogen) atoms. The first-order chi connectivity index (χ1) is 14.0. The van der Waals surface area contributed by atoms with Crippen molar-refractivity contribution >= 4 is 39.3 Å². The van der Waals surface area contributed by atoms with Crippen LogP contribution in [0.25, 0.3) is 0 Å². The predicted octanol–water partition coefficient (Wildman–Crippen LogP) is 0.679. The van der Waals surface area contributed by atoms with E-state index in [1.807, 2.05) is 0 Å². The van der Waals surface area contributed by atoms with E-state index < -0.39 is 0 Å². The summed E-state index contributed by atoms with van der Waals surface area (Å²) in [5.74, 6) is 0.185. The van der Waals surface area contributed by atoms with E-state index in [2.05, 4.69) is 10.2 Å². The van der Waals surface area contributed by atoms with Crippen LogP contribution in [0.4, 0.5) is 10.3 Å². The van der Waals surface area contributed by atoms with Crippen molar-refractivity contribution in [2.45, 2.75) is 12.8 Å². The molecule has 0 aliphatic carbocycles. The molecular weight excluding hydrogens is 396 g/mol. The highest BCUT2D eigenvalue weighted by molar-refractivity contribution is 7.19. The van der Waals surface area contributed by atoms with Crippen LogP contribution >= 0.6 is 11.3 Å². The van der Waals surface area contributed by atoms with Crippen LogP contribution in [-0.4, -0.2) is 84.0 Å². The first-order valence-electron chi connectivity index (χ1n) is 9.48. The topological polar surface area (TPSA) is 103 Å². The molecule has 4 heterocycles. The number of aromatic nitrogens is 2. The molecule has 2 fully saturated rings. The molecule has 0 unspecified atom stereocenters. The van der Waals surface area contributed by atoms with Gasteiger partial charge in [-0.15, -0.1) is 10.2 Å². The first-order valence-corrected chi connectivity index (χ1v) is 10.3. The number of hydrogen-bond acceptors (Lipinski definition) is 8. The Morgan fingerprint density at radius 3 is 2.59 bits per heavy atom. The van der Waals surface area contributed by atoms with Crippen LogP contribution in [0.1, 0.15) is 23.4 Å². The molecule has 0 spiro atoms. The highest BCUT2D eigenvalue weighted by atomic mass is 32.1. The summed E-state index contributed by atoms with van der Waals surface area (Å²) >= 11 is 1.31. The maximum absolute atomic E-state index is 12.7. The Hall–Kier alpha value is -2.95. The van der Waals surface area contributed by atoms with Crippen LogP contribution in [0.5, 0.6) is 0 Å². The average Bonchev–Trinajstić information content (AvgIpc) is 3.48. The largest absolute Gasteiger partial charge is 0.459 e. The molecule has 2 aliphatic rings. The molecule has 2 aromatic heterocycles. The lowest BCUT2D eigenvalue weighted by atomic mass is 10.2. The van der Waals surface area contributed by atoms with E-state index in [4.69, 9.17) is 4.42 Å². The van der Waals surface area contributed by atoms with E-state index in [0.29, 0.717) is 55.2 Å². The molecule has 2 aliphatic heterocycles. The van der Waals surface area contributed by atoms with Crippen molar-refractivity contribution in [1.82, 2.24) is 20.0 Å². The van der Waals surface area contributed by atoms with Gasteiger partial charge >= 0.3 is 0 Å². The summed E-state index contributed by atoms with van der Waals surface area (Å²) < 4.78 is 5.16. The third kappa shape index (κ3) is 4.09. The molecule has 4 rings (SSSR count). The fourth-order valence-electron chi connectivity index (χ4n) is 3.41. The quantitative estimate of drug-likeness (QED) is 0.703. The third-order valence-corrected chi connectivity index (χ3v) is 6.12. The Labute approximate surface area is 171 Å². The number of nitrogens with zero attached hydrogens (tertiary/aromatic N) is 6. The zero-order valence-corrected chi connectivity index (χ0v) is 16.9. The smallest absolute Gasteiger partial charge is 0.289 e. The maximum Gasteiger partial charge on any atom is 0.289 e. The highest BCUT2D eigenvalue weighted by Crippen LogP contribution is 2.29. The fraction of sp³-hybridized carbons (Fsp3) is 0.500. The molecule has 0 bridgehead atoms. The lowest BCUT2D eigenvalue weighted by Crippen LogP contribution is -2.52. The van der Waals surface area contributed by atoms with Gasteiger partial charge in [-0.05, 0) is 18.6 Å². The molecule has 0 atom stereocenters. The van der Waals surface area contributed by atoms with Gasteiger partial charge < -0.3 is 19.1 Å². The second kappa shape index (κ2) is 8.19. The zero-order valence-electron chi connectivity index (χ0n) is 16.1. The second-order valence-corrected chi connectivity index (χ2v) is 7.96. The molecule has 0 aromatic carbocycles. The summed E-state index contributed by atoms with van der Waals surface area (Å²) in [5, 5.41) is 9.39. The van der Waals surface area contributed by atoms with Gasteiger partial charge in [-0.25, -0.2) is 0 Å². The number of likely N-dealkylation sites (N-methyl/N-ethyl adjacent to an activating group) is 1. The van der Waals surface area contributed by atoms with Crippen molar-refractivity contribution in [2.24, 2.45) is 0 Å². The van der Waals surface area contributed by atoms with Crippen molar-refractivity contribution in [1.29, 1.82) is 0 Å². The molecule has 154 valence electrons. The number of rotatable bonds is 5. The maximum atomic E-state index is 12.7. The highest BCUT2D eigenvalue weighted by Gasteiger charge is 2.28. The number of carbonyl (C=O) groups excluding carboxylic acids is 3. The summed E-state index contributed by atoms with van der Waals surface area (Å²) in [4.78, 5) is 43.6. The number of anilines is 2. The van der Waals surface area contributed by atoms with Crippen LogP contribution in [-0.2, 0) is 9.59 Å². The molecule has 2 aromatic rings. The third-order valence-electron chi connectivity index (χ3n) is 5.06. The van der Waals surface area contributed by atoms with Gasteiger partial charge in [-0.1, -0.05) is 11.3 Å². The van der Waals surface area contributed by atoms with E-state index in [0.717, 1.165) is 6.42 Å². The van der Waals surface area contributed by atoms with Crippen molar-refractivity contribution in [3.63, 3.8) is 0 Å². The van der Waals surface area contributed by atoms with Crippen molar-refractivity contribution in [3.8, 4) is 0 Å². The number of amides is 3. The average molecular weight is 418 g/mol. The Balaban J connectivity index is 1.29. The van der Waals surface area contributed by atoms with Gasteiger partial charge in [-0.2, -0.15) is 0 Å². The molecule has 2 saturated heterocycles. The minimum Gasteiger partial charge on any atom is -0.459 e. The number of furan rings is 1. The molecular formula is C18H22N6O4S. The molecule has 0 radical (unpaired) electrons. The molecule has 11 heteroatoms. The standard InChI is InChI=1S/C18H22N6O4S/c1-21(17-19-20-18(29-17)24-6-2-5-14(24)25)12-15(26)22-7-9-23(10-8-22)16(27)13-4-3-11-28-13/h3-4,11H,2,5-10,12H2,1H3. The van der Waals surface area contributed by atoms with Crippen molar-refractivity contribution < 1.29 is 18.8 Å². The van der Waals surface area contributed by atoms with Gasteiger partial charge in [0, 0.05) is 46.2 Å². The normalized spacial score (nSPS) is 17.1. The Morgan fingerprint density at radius 1 is 1.17 bits per heavy atom. The van der Waals surface area contributed by atoms with E-state index in [9.17, 15) is 14.4 Å². The summed E-state index contributed by atoms with van der Waals surface area (Å²) in [7, 11) is 1.78. The number of piperazine rings is 1. The Kier molecular flexibility index (Phi) is 5.47. The second-order valence-electron chi connectivity index (χ2n) is 7.02. The van der Waals surface area contributed by atoms with Crippen LogP contribution < -0.4 is 9.80 Å². The first kappa shape index (κ1) is 19.4. The van der Waals surface area contributed by atoms with Gasteiger partial charge in [0.2, 0.25) is 22.1 Å². The van der Waals surface area contributed by atoms with Gasteiger partial charge in [0.1, 0.15) is 0 Å². The lowest BCUT2D eigenvalue weighted by molar-refractivity contribution is -0.131. The van der Waals surface area contributed by atoms with Crippen LogP contribution in [0.15, 0.2) is 22.8 Å². The molecule has 3 amide bonds. The summed E-state index contributed by atoms with van der Waals surface area (Å²) in [6.45, 7) is 2.71. The van der Waals surface area contributed by atoms with Crippen molar-refractivity contribution in [2.75, 3.05) is 56.1 Å². The number of hydrogen-bond donors (Lipinski definition) is 0. The Morgan fingerprint density at radius 2 is 1.93 bits per heavy atom. The molecule has 0 N–H and O–H groups in total. The van der Waals surface area contributed by atoms with Gasteiger partial charge in [0.25, 0.3) is 5.91 Å². The summed E-state index contributed by atoms with van der Waals surface area (Å²) in [6.07, 6.45) is 2.84. The predicted molar refractivity (Wildman–Crippen MR) is 106 cm³/mol. The fourth-order valence-corrected chi connectivity index (χ4v) is 4.26. The van der Waals surface area contributed by atoms with E-state index in [1.165, 1.54) is 17.6 Å². The zero-order chi connectivity index (χ0) is 20.4. The summed E-state index contributed by atoms with van der Waals surface area (Å²) in [5.41, 5.74) is 0. The monoisotopic (exact) mass is 418 g/mol. The Bertz CT molecular complexity index is 890. The van der Waals surface area contributed by atoms with E-state index in [-0.39, 0.29) is 24.3 Å². The molecule has 10 nitrogen and oxygen atoms in total. The minimum atomic E-state index is -0.155. The van der Waals surface area contributed by atoms with Crippen molar-refractivity contribution in [3.05, 3.63) is 24.2 Å². The van der Waals surface area contributed by atoms with Gasteiger partial charge in [-0.3, -0.25) is 19.3 Å². The van der Waals surface area contributed by atoms with Crippen LogP contribution in [0, 0.1) is 0 Å².